The van der Waals surface area contributed by atoms with E-state index in [1.807, 2.05) is 6.92 Å². The molecular weight excluding hydrogens is 348 g/mol. The number of Topliss-reactive ketones (excluding diaryl/α,β-unsaturated/α-hetero) is 1. The van der Waals surface area contributed by atoms with Crippen molar-refractivity contribution in [2.45, 2.75) is 13.3 Å². The predicted octanol–water partition coefficient (Wildman–Crippen LogP) is 4.05. The van der Waals surface area contributed by atoms with Gasteiger partial charge < -0.3 is 5.32 Å². The first kappa shape index (κ1) is 19.4. The number of nitrogens with one attached hydrogen (secondary N) is 1. The van der Waals surface area contributed by atoms with E-state index in [-0.39, 0.29) is 0 Å². The maximum atomic E-state index is 12.8. The minimum atomic E-state index is -1.06. The van der Waals surface area contributed by atoms with Gasteiger partial charge in [0.15, 0.2) is 5.78 Å². The number of terminal acetylenes is 1. The van der Waals surface area contributed by atoms with Crippen LogP contribution in [-0.4, -0.2) is 24.4 Å². The van der Waals surface area contributed by atoms with E-state index in [1.165, 1.54) is 6.21 Å². The fraction of sp³-hybridized carbons (Fsp3) is 0.190. The van der Waals surface area contributed by atoms with Gasteiger partial charge >= 0.3 is 0 Å². The number of amides is 1. The predicted molar refractivity (Wildman–Crippen MR) is 105 cm³/mol. The zero-order valence-electron chi connectivity index (χ0n) is 14.4. The standard InChI is InChI=1S/C21H19ClN2O2/c1-3-13-23-21(26)18(20(25)17-7-5-6-8-19(17)22)14-24-16-11-9-15(4-2)10-12-16/h2,5-12,14,18H,3,13H2,1H3,(H,23,26). The quantitative estimate of drug-likeness (QED) is 0.348. The molecule has 0 radical (unpaired) electrons. The molecule has 0 aliphatic heterocycles. The van der Waals surface area contributed by atoms with Crippen LogP contribution in [0.1, 0.15) is 29.3 Å². The lowest BCUT2D eigenvalue weighted by Gasteiger charge is -2.12. The molecule has 2 aromatic rings. The van der Waals surface area contributed by atoms with Gasteiger partial charge in [-0.1, -0.05) is 36.6 Å². The van der Waals surface area contributed by atoms with E-state index in [4.69, 9.17) is 18.0 Å². The smallest absolute Gasteiger partial charge is 0.236 e. The summed E-state index contributed by atoms with van der Waals surface area (Å²) < 4.78 is 0. The molecule has 0 aromatic heterocycles. The third-order valence-electron chi connectivity index (χ3n) is 3.66. The number of aliphatic imine (C=N–C) groups is 1. The molecule has 4 nitrogen and oxygen atoms in total. The minimum Gasteiger partial charge on any atom is -0.355 e. The Bertz CT molecular complexity index is 851. The summed E-state index contributed by atoms with van der Waals surface area (Å²) in [5.74, 6) is 0.663. The third kappa shape index (κ3) is 5.05. The number of hydrogen-bond donors (Lipinski definition) is 1. The first-order valence-electron chi connectivity index (χ1n) is 8.24. The molecule has 0 heterocycles. The van der Waals surface area contributed by atoms with Crippen LogP contribution >= 0.6 is 11.6 Å². The highest BCUT2D eigenvalue weighted by Crippen LogP contribution is 2.20. The van der Waals surface area contributed by atoms with Crippen LogP contribution in [0.2, 0.25) is 5.02 Å². The van der Waals surface area contributed by atoms with Crippen LogP contribution in [0.4, 0.5) is 5.69 Å². The topological polar surface area (TPSA) is 58.5 Å². The molecule has 5 heteroatoms. The van der Waals surface area contributed by atoms with Crippen molar-refractivity contribution in [2.75, 3.05) is 6.54 Å². The van der Waals surface area contributed by atoms with Gasteiger partial charge in [0.1, 0.15) is 5.92 Å². The van der Waals surface area contributed by atoms with Crippen LogP contribution in [0.3, 0.4) is 0 Å². The van der Waals surface area contributed by atoms with Gasteiger partial charge in [-0.15, -0.1) is 6.42 Å². The molecule has 0 aliphatic rings. The van der Waals surface area contributed by atoms with E-state index in [9.17, 15) is 9.59 Å². The molecule has 132 valence electrons. The Hall–Kier alpha value is -2.90. The Morgan fingerprint density at radius 1 is 1.23 bits per heavy atom. The Labute approximate surface area is 158 Å². The maximum Gasteiger partial charge on any atom is 0.236 e. The number of ketones is 1. The first-order chi connectivity index (χ1) is 12.6. The van der Waals surface area contributed by atoms with Crippen LogP contribution < -0.4 is 5.32 Å². The lowest BCUT2D eigenvalue weighted by molar-refractivity contribution is -0.121. The van der Waals surface area contributed by atoms with Gasteiger partial charge in [0.25, 0.3) is 0 Å². The average Bonchev–Trinajstić information content (AvgIpc) is 2.67. The summed E-state index contributed by atoms with van der Waals surface area (Å²) in [5, 5.41) is 3.04. The summed E-state index contributed by atoms with van der Waals surface area (Å²) in [6.45, 7) is 2.42. The van der Waals surface area contributed by atoms with Gasteiger partial charge in [-0.25, -0.2) is 0 Å². The Morgan fingerprint density at radius 2 is 1.92 bits per heavy atom. The molecule has 1 N–H and O–H groups in total. The number of carbonyl (C=O) groups is 2. The summed E-state index contributed by atoms with van der Waals surface area (Å²) in [6, 6.07) is 13.6. The molecule has 1 unspecified atom stereocenters. The molecule has 0 bridgehead atoms. The van der Waals surface area contributed by atoms with E-state index in [2.05, 4.69) is 16.2 Å². The molecule has 0 spiro atoms. The number of benzene rings is 2. The molecule has 2 aromatic carbocycles. The summed E-state index contributed by atoms with van der Waals surface area (Å²) in [4.78, 5) is 29.6. The van der Waals surface area contributed by atoms with E-state index in [0.717, 1.165) is 12.0 Å². The van der Waals surface area contributed by atoms with Crippen LogP contribution in [0, 0.1) is 18.3 Å². The molecule has 0 aliphatic carbocycles. The number of rotatable bonds is 7. The molecule has 1 atom stereocenters. The second kappa shape index (κ2) is 9.55. The first-order valence-corrected chi connectivity index (χ1v) is 8.62. The normalized spacial score (nSPS) is 11.7. The molecule has 0 fully saturated rings. The van der Waals surface area contributed by atoms with Gasteiger partial charge in [-0.3, -0.25) is 14.6 Å². The van der Waals surface area contributed by atoms with E-state index < -0.39 is 17.6 Å². The van der Waals surface area contributed by atoms with Crippen molar-refractivity contribution in [3.8, 4) is 12.3 Å². The van der Waals surface area contributed by atoms with Crippen molar-refractivity contribution in [3.05, 3.63) is 64.7 Å². The fourth-order valence-corrected chi connectivity index (χ4v) is 2.47. The van der Waals surface area contributed by atoms with Crippen molar-refractivity contribution >= 4 is 35.2 Å². The zero-order valence-corrected chi connectivity index (χ0v) is 15.2. The molecule has 2 rings (SSSR count). The lowest BCUT2D eigenvalue weighted by atomic mass is 9.97. The van der Waals surface area contributed by atoms with E-state index in [0.29, 0.717) is 22.8 Å². The number of nitrogens with zero attached hydrogens (tertiary/aromatic N) is 1. The Kier molecular flexibility index (Phi) is 7.13. The van der Waals surface area contributed by atoms with Crippen LogP contribution in [0.5, 0.6) is 0 Å². The Balaban J connectivity index is 2.29. The highest BCUT2D eigenvalue weighted by atomic mass is 35.5. The zero-order chi connectivity index (χ0) is 18.9. The fourth-order valence-electron chi connectivity index (χ4n) is 2.25. The van der Waals surface area contributed by atoms with Crippen molar-refractivity contribution in [1.82, 2.24) is 5.32 Å². The van der Waals surface area contributed by atoms with Crippen LogP contribution in [-0.2, 0) is 4.79 Å². The molecule has 1 amide bonds. The van der Waals surface area contributed by atoms with Gasteiger partial charge in [-0.2, -0.15) is 0 Å². The second-order valence-corrected chi connectivity index (χ2v) is 5.99. The van der Waals surface area contributed by atoms with Gasteiger partial charge in [0.2, 0.25) is 5.91 Å². The largest absolute Gasteiger partial charge is 0.355 e. The van der Waals surface area contributed by atoms with Crippen LogP contribution in [0.25, 0.3) is 0 Å². The maximum absolute atomic E-state index is 12.8. The highest BCUT2D eigenvalue weighted by molar-refractivity contribution is 6.35. The van der Waals surface area contributed by atoms with Crippen molar-refractivity contribution in [3.63, 3.8) is 0 Å². The van der Waals surface area contributed by atoms with Crippen LogP contribution in [0.15, 0.2) is 53.5 Å². The van der Waals surface area contributed by atoms with Gasteiger partial charge in [0.05, 0.1) is 10.7 Å². The highest BCUT2D eigenvalue weighted by Gasteiger charge is 2.27. The average molecular weight is 367 g/mol. The van der Waals surface area contributed by atoms with Crippen molar-refractivity contribution in [2.24, 2.45) is 10.9 Å². The number of carbonyl (C=O) groups excluding carboxylic acids is 2. The van der Waals surface area contributed by atoms with E-state index in [1.54, 1.807) is 48.5 Å². The molecular formula is C21H19ClN2O2. The second-order valence-electron chi connectivity index (χ2n) is 5.58. The van der Waals surface area contributed by atoms with Gasteiger partial charge in [-0.05, 0) is 42.8 Å². The van der Waals surface area contributed by atoms with Gasteiger partial charge in [0, 0.05) is 23.9 Å². The lowest BCUT2D eigenvalue weighted by Crippen LogP contribution is -2.37. The SMILES string of the molecule is C#Cc1ccc(N=CC(C(=O)NCCC)C(=O)c2ccccc2Cl)cc1. The number of hydrogen-bond acceptors (Lipinski definition) is 3. The molecule has 0 saturated heterocycles. The monoisotopic (exact) mass is 366 g/mol. The summed E-state index contributed by atoms with van der Waals surface area (Å²) in [6.07, 6.45) is 7.44. The molecule has 0 saturated carbocycles. The van der Waals surface area contributed by atoms with E-state index >= 15 is 0 Å². The molecule has 26 heavy (non-hydrogen) atoms. The summed E-state index contributed by atoms with van der Waals surface area (Å²) in [7, 11) is 0. The minimum absolute atomic E-state index is 0.292. The van der Waals surface area contributed by atoms with Crippen molar-refractivity contribution < 1.29 is 9.59 Å². The third-order valence-corrected chi connectivity index (χ3v) is 3.99. The summed E-state index contributed by atoms with van der Waals surface area (Å²) >= 11 is 6.11. The van der Waals surface area contributed by atoms with Crippen molar-refractivity contribution in [1.29, 1.82) is 0 Å². The summed E-state index contributed by atoms with van der Waals surface area (Å²) in [5.41, 5.74) is 1.62. The Morgan fingerprint density at radius 3 is 2.54 bits per heavy atom. The number of halogens is 1.